The molecule has 0 aliphatic rings. The molecule has 1 aromatic carbocycles. The summed E-state index contributed by atoms with van der Waals surface area (Å²) >= 11 is 0. The lowest BCUT2D eigenvalue weighted by Crippen LogP contribution is -2.27. The normalized spacial score (nSPS) is 11.0. The SMILES string of the molecule is Cc1cc(C=O)ccc1NC(=O)C(C)(C)C. The molecule has 0 bridgehead atoms. The van der Waals surface area contributed by atoms with E-state index in [9.17, 15) is 9.59 Å². The molecular formula is C13H17NO2. The third-order valence-corrected chi connectivity index (χ3v) is 2.32. The molecule has 16 heavy (non-hydrogen) atoms. The summed E-state index contributed by atoms with van der Waals surface area (Å²) in [5.74, 6) is -0.0329. The second kappa shape index (κ2) is 4.47. The number of benzene rings is 1. The predicted molar refractivity (Wildman–Crippen MR) is 64.7 cm³/mol. The molecule has 1 rings (SSSR count). The number of carbonyl (C=O) groups excluding carboxylic acids is 2. The van der Waals surface area contributed by atoms with Crippen molar-refractivity contribution < 1.29 is 9.59 Å². The number of carbonyl (C=O) groups is 2. The number of amides is 1. The van der Waals surface area contributed by atoms with Gasteiger partial charge in [-0.05, 0) is 30.7 Å². The zero-order valence-electron chi connectivity index (χ0n) is 10.1. The van der Waals surface area contributed by atoms with Gasteiger partial charge in [0.25, 0.3) is 0 Å². The van der Waals surface area contributed by atoms with E-state index in [1.165, 1.54) is 0 Å². The van der Waals surface area contributed by atoms with Gasteiger partial charge < -0.3 is 5.32 Å². The second-order valence-electron chi connectivity index (χ2n) is 4.90. The average molecular weight is 219 g/mol. The maximum atomic E-state index is 11.8. The van der Waals surface area contributed by atoms with Gasteiger partial charge in [-0.25, -0.2) is 0 Å². The number of hydrogen-bond acceptors (Lipinski definition) is 2. The number of anilines is 1. The van der Waals surface area contributed by atoms with E-state index in [0.29, 0.717) is 5.56 Å². The summed E-state index contributed by atoms with van der Waals surface area (Å²) in [6.45, 7) is 7.44. The molecule has 1 amide bonds. The van der Waals surface area contributed by atoms with Crippen molar-refractivity contribution >= 4 is 17.9 Å². The summed E-state index contributed by atoms with van der Waals surface area (Å²) in [6.07, 6.45) is 0.794. The highest BCUT2D eigenvalue weighted by molar-refractivity contribution is 5.95. The van der Waals surface area contributed by atoms with Gasteiger partial charge in [-0.1, -0.05) is 20.8 Å². The van der Waals surface area contributed by atoms with Crippen molar-refractivity contribution in [2.24, 2.45) is 5.41 Å². The molecule has 0 atom stereocenters. The van der Waals surface area contributed by atoms with Gasteiger partial charge in [0.2, 0.25) is 5.91 Å². The van der Waals surface area contributed by atoms with Gasteiger partial charge in [0.05, 0.1) is 0 Å². The van der Waals surface area contributed by atoms with E-state index < -0.39 is 5.41 Å². The van der Waals surface area contributed by atoms with E-state index in [1.807, 2.05) is 27.7 Å². The van der Waals surface area contributed by atoms with E-state index in [1.54, 1.807) is 18.2 Å². The van der Waals surface area contributed by atoms with Crippen LogP contribution >= 0.6 is 0 Å². The van der Waals surface area contributed by atoms with Crippen LogP contribution < -0.4 is 5.32 Å². The van der Waals surface area contributed by atoms with Gasteiger partial charge in [-0.15, -0.1) is 0 Å². The largest absolute Gasteiger partial charge is 0.325 e. The molecule has 1 aromatic rings. The molecule has 0 saturated heterocycles. The fourth-order valence-electron chi connectivity index (χ4n) is 1.21. The van der Waals surface area contributed by atoms with Crippen molar-refractivity contribution in [2.75, 3.05) is 5.32 Å². The van der Waals surface area contributed by atoms with Crippen LogP contribution in [0.5, 0.6) is 0 Å². The quantitative estimate of drug-likeness (QED) is 0.777. The standard InChI is InChI=1S/C13H17NO2/c1-9-7-10(8-15)5-6-11(9)14-12(16)13(2,3)4/h5-8H,1-4H3,(H,14,16). The number of aldehydes is 1. The Bertz CT molecular complexity index is 416. The number of rotatable bonds is 2. The van der Waals surface area contributed by atoms with Gasteiger partial charge in [0, 0.05) is 16.7 Å². The number of hydrogen-bond donors (Lipinski definition) is 1. The molecule has 0 unspecified atom stereocenters. The summed E-state index contributed by atoms with van der Waals surface area (Å²) in [4.78, 5) is 22.3. The topological polar surface area (TPSA) is 46.2 Å². The van der Waals surface area contributed by atoms with Crippen molar-refractivity contribution in [3.63, 3.8) is 0 Å². The lowest BCUT2D eigenvalue weighted by Gasteiger charge is -2.18. The molecule has 86 valence electrons. The smallest absolute Gasteiger partial charge is 0.229 e. The van der Waals surface area contributed by atoms with Crippen LogP contribution in [0.4, 0.5) is 5.69 Å². The van der Waals surface area contributed by atoms with Crippen LogP contribution in [0, 0.1) is 12.3 Å². The van der Waals surface area contributed by atoms with Gasteiger partial charge in [-0.3, -0.25) is 9.59 Å². The molecule has 0 aliphatic heterocycles. The van der Waals surface area contributed by atoms with Crippen molar-refractivity contribution in [1.82, 2.24) is 0 Å². The molecule has 1 N–H and O–H groups in total. The molecular weight excluding hydrogens is 202 g/mol. The monoisotopic (exact) mass is 219 g/mol. The fraction of sp³-hybridized carbons (Fsp3) is 0.385. The lowest BCUT2D eigenvalue weighted by atomic mass is 9.95. The third kappa shape index (κ3) is 2.92. The number of aryl methyl sites for hydroxylation is 1. The Kier molecular flexibility index (Phi) is 3.48. The predicted octanol–water partition coefficient (Wildman–Crippen LogP) is 2.79. The Morgan fingerprint density at radius 2 is 1.94 bits per heavy atom. The minimum Gasteiger partial charge on any atom is -0.325 e. The van der Waals surface area contributed by atoms with Crippen molar-refractivity contribution in [2.45, 2.75) is 27.7 Å². The summed E-state index contributed by atoms with van der Waals surface area (Å²) in [7, 11) is 0. The van der Waals surface area contributed by atoms with Crippen LogP contribution in [0.2, 0.25) is 0 Å². The van der Waals surface area contributed by atoms with Gasteiger partial charge in [-0.2, -0.15) is 0 Å². The first-order valence-corrected chi connectivity index (χ1v) is 5.22. The van der Waals surface area contributed by atoms with E-state index in [2.05, 4.69) is 5.32 Å². The van der Waals surface area contributed by atoms with Crippen molar-refractivity contribution in [3.8, 4) is 0 Å². The highest BCUT2D eigenvalue weighted by Crippen LogP contribution is 2.20. The first-order chi connectivity index (χ1) is 7.34. The first-order valence-electron chi connectivity index (χ1n) is 5.22. The molecule has 3 heteroatoms. The van der Waals surface area contributed by atoms with Crippen LogP contribution in [0.3, 0.4) is 0 Å². The first kappa shape index (κ1) is 12.4. The maximum absolute atomic E-state index is 11.8. The van der Waals surface area contributed by atoms with E-state index >= 15 is 0 Å². The van der Waals surface area contributed by atoms with Crippen LogP contribution in [0.15, 0.2) is 18.2 Å². The number of nitrogens with one attached hydrogen (secondary N) is 1. The molecule has 0 saturated carbocycles. The molecule has 0 aliphatic carbocycles. The lowest BCUT2D eigenvalue weighted by molar-refractivity contribution is -0.123. The van der Waals surface area contributed by atoms with Crippen molar-refractivity contribution in [3.05, 3.63) is 29.3 Å². The van der Waals surface area contributed by atoms with Crippen LogP contribution in [-0.4, -0.2) is 12.2 Å². The third-order valence-electron chi connectivity index (χ3n) is 2.32. The van der Waals surface area contributed by atoms with E-state index in [0.717, 1.165) is 17.5 Å². The molecule has 0 heterocycles. The minimum absolute atomic E-state index is 0.0329. The zero-order valence-corrected chi connectivity index (χ0v) is 10.1. The molecule has 3 nitrogen and oxygen atoms in total. The fourth-order valence-corrected chi connectivity index (χ4v) is 1.21. The molecule has 0 radical (unpaired) electrons. The minimum atomic E-state index is -0.421. The highest BCUT2D eigenvalue weighted by Gasteiger charge is 2.21. The highest BCUT2D eigenvalue weighted by atomic mass is 16.2. The van der Waals surface area contributed by atoms with Gasteiger partial charge in [0.15, 0.2) is 0 Å². The van der Waals surface area contributed by atoms with Gasteiger partial charge >= 0.3 is 0 Å². The van der Waals surface area contributed by atoms with Crippen LogP contribution in [0.25, 0.3) is 0 Å². The van der Waals surface area contributed by atoms with E-state index in [-0.39, 0.29) is 5.91 Å². The Balaban J connectivity index is 2.91. The Morgan fingerprint density at radius 1 is 1.31 bits per heavy atom. The zero-order chi connectivity index (χ0) is 12.3. The Morgan fingerprint density at radius 3 is 2.38 bits per heavy atom. The van der Waals surface area contributed by atoms with E-state index in [4.69, 9.17) is 0 Å². The summed E-state index contributed by atoms with van der Waals surface area (Å²) < 4.78 is 0. The van der Waals surface area contributed by atoms with Crippen molar-refractivity contribution in [1.29, 1.82) is 0 Å². The molecule has 0 aromatic heterocycles. The summed E-state index contributed by atoms with van der Waals surface area (Å²) in [5, 5.41) is 2.85. The average Bonchev–Trinajstić information content (AvgIpc) is 2.19. The van der Waals surface area contributed by atoms with Gasteiger partial charge in [0.1, 0.15) is 6.29 Å². The van der Waals surface area contributed by atoms with Crippen LogP contribution in [-0.2, 0) is 4.79 Å². The Hall–Kier alpha value is -1.64. The Labute approximate surface area is 95.9 Å². The summed E-state index contributed by atoms with van der Waals surface area (Å²) in [5.41, 5.74) is 1.84. The van der Waals surface area contributed by atoms with Crippen LogP contribution in [0.1, 0.15) is 36.7 Å². The summed E-state index contributed by atoms with van der Waals surface area (Å²) in [6, 6.07) is 5.20. The maximum Gasteiger partial charge on any atom is 0.229 e. The second-order valence-corrected chi connectivity index (χ2v) is 4.90. The molecule has 0 fully saturated rings. The molecule has 0 spiro atoms.